The van der Waals surface area contributed by atoms with Gasteiger partial charge in [0.1, 0.15) is 6.04 Å². The number of hydrogen-bond acceptors (Lipinski definition) is 2. The standard InChI is InChI=1S/C13H18N2/c1-4-9-15(3)13(10-14)12-8-6-5-7-11(12)2/h5-8,13H,4,9H2,1-3H3. The molecule has 0 heterocycles. The third-order valence-corrected chi connectivity index (χ3v) is 2.62. The molecule has 80 valence electrons. The van der Waals surface area contributed by atoms with Gasteiger partial charge in [0.15, 0.2) is 0 Å². The van der Waals surface area contributed by atoms with Gasteiger partial charge in [0, 0.05) is 0 Å². The van der Waals surface area contributed by atoms with Crippen molar-refractivity contribution in [3.63, 3.8) is 0 Å². The molecule has 1 atom stereocenters. The summed E-state index contributed by atoms with van der Waals surface area (Å²) in [5, 5.41) is 9.21. The molecule has 15 heavy (non-hydrogen) atoms. The highest BCUT2D eigenvalue weighted by atomic mass is 15.1. The van der Waals surface area contributed by atoms with E-state index in [1.54, 1.807) is 0 Å². The van der Waals surface area contributed by atoms with Crippen LogP contribution < -0.4 is 0 Å². The molecule has 0 aliphatic carbocycles. The van der Waals surface area contributed by atoms with Gasteiger partial charge in [0.05, 0.1) is 6.07 Å². The molecule has 0 saturated heterocycles. The summed E-state index contributed by atoms with van der Waals surface area (Å²) >= 11 is 0. The zero-order valence-electron chi connectivity index (χ0n) is 9.70. The molecular formula is C13H18N2. The minimum absolute atomic E-state index is 0.119. The summed E-state index contributed by atoms with van der Waals surface area (Å²) in [6.45, 7) is 5.13. The lowest BCUT2D eigenvalue weighted by Crippen LogP contribution is -2.24. The largest absolute Gasteiger partial charge is 0.287 e. The third kappa shape index (κ3) is 2.81. The zero-order valence-corrected chi connectivity index (χ0v) is 9.70. The smallest absolute Gasteiger partial charge is 0.123 e. The Morgan fingerprint density at radius 2 is 2.07 bits per heavy atom. The molecule has 0 saturated carbocycles. The van der Waals surface area contributed by atoms with Gasteiger partial charge in [0.25, 0.3) is 0 Å². The Hall–Kier alpha value is -1.33. The van der Waals surface area contributed by atoms with Gasteiger partial charge in [-0.05, 0) is 38.1 Å². The second-order valence-corrected chi connectivity index (χ2v) is 3.87. The first-order chi connectivity index (χ1) is 7.20. The number of aryl methyl sites for hydroxylation is 1. The minimum atomic E-state index is -0.119. The minimum Gasteiger partial charge on any atom is -0.287 e. The van der Waals surface area contributed by atoms with Crippen molar-refractivity contribution in [3.8, 4) is 6.07 Å². The first-order valence-electron chi connectivity index (χ1n) is 5.36. The molecule has 1 rings (SSSR count). The summed E-state index contributed by atoms with van der Waals surface area (Å²) in [5.41, 5.74) is 2.31. The highest BCUT2D eigenvalue weighted by molar-refractivity contribution is 5.32. The van der Waals surface area contributed by atoms with Gasteiger partial charge in [-0.3, -0.25) is 4.90 Å². The summed E-state index contributed by atoms with van der Waals surface area (Å²) in [5.74, 6) is 0. The average Bonchev–Trinajstić information content (AvgIpc) is 2.22. The first-order valence-corrected chi connectivity index (χ1v) is 5.36. The number of benzene rings is 1. The zero-order chi connectivity index (χ0) is 11.3. The molecule has 0 N–H and O–H groups in total. The monoisotopic (exact) mass is 202 g/mol. The van der Waals surface area contributed by atoms with Crippen molar-refractivity contribution >= 4 is 0 Å². The summed E-state index contributed by atoms with van der Waals surface area (Å²) < 4.78 is 0. The van der Waals surface area contributed by atoms with E-state index in [0.29, 0.717) is 0 Å². The normalized spacial score (nSPS) is 12.5. The Labute approximate surface area is 92.1 Å². The number of hydrogen-bond donors (Lipinski definition) is 0. The van der Waals surface area contributed by atoms with Gasteiger partial charge in [-0.25, -0.2) is 0 Å². The number of nitriles is 1. The van der Waals surface area contributed by atoms with Crippen molar-refractivity contribution in [2.75, 3.05) is 13.6 Å². The van der Waals surface area contributed by atoms with Crippen LogP contribution in [0.2, 0.25) is 0 Å². The van der Waals surface area contributed by atoms with E-state index >= 15 is 0 Å². The highest BCUT2D eigenvalue weighted by Gasteiger charge is 2.16. The van der Waals surface area contributed by atoms with E-state index in [-0.39, 0.29) is 6.04 Å². The van der Waals surface area contributed by atoms with E-state index in [4.69, 9.17) is 0 Å². The molecule has 2 nitrogen and oxygen atoms in total. The van der Waals surface area contributed by atoms with Gasteiger partial charge in [-0.15, -0.1) is 0 Å². The second-order valence-electron chi connectivity index (χ2n) is 3.87. The molecule has 1 unspecified atom stereocenters. The maximum absolute atomic E-state index is 9.21. The topological polar surface area (TPSA) is 27.0 Å². The van der Waals surface area contributed by atoms with E-state index in [1.807, 2.05) is 25.2 Å². The van der Waals surface area contributed by atoms with Crippen LogP contribution in [0, 0.1) is 18.3 Å². The van der Waals surface area contributed by atoms with Crippen molar-refractivity contribution in [2.24, 2.45) is 0 Å². The van der Waals surface area contributed by atoms with Gasteiger partial charge in [-0.1, -0.05) is 31.2 Å². The van der Waals surface area contributed by atoms with Gasteiger partial charge >= 0.3 is 0 Å². The lowest BCUT2D eigenvalue weighted by Gasteiger charge is -2.23. The van der Waals surface area contributed by atoms with Crippen LogP contribution in [0.1, 0.15) is 30.5 Å². The molecule has 0 aliphatic rings. The molecule has 0 bridgehead atoms. The maximum atomic E-state index is 9.21. The van der Waals surface area contributed by atoms with Crippen LogP contribution in [-0.4, -0.2) is 18.5 Å². The first kappa shape index (κ1) is 11.7. The summed E-state index contributed by atoms with van der Waals surface area (Å²) in [6, 6.07) is 10.3. The lowest BCUT2D eigenvalue weighted by molar-refractivity contribution is 0.291. The molecule has 0 fully saturated rings. The van der Waals surface area contributed by atoms with Crippen LogP contribution in [0.3, 0.4) is 0 Å². The van der Waals surface area contributed by atoms with Crippen LogP contribution in [0.25, 0.3) is 0 Å². The van der Waals surface area contributed by atoms with Gasteiger partial charge in [-0.2, -0.15) is 5.26 Å². The van der Waals surface area contributed by atoms with Crippen molar-refractivity contribution in [1.29, 1.82) is 5.26 Å². The predicted molar refractivity (Wildman–Crippen MR) is 62.5 cm³/mol. The van der Waals surface area contributed by atoms with Crippen LogP contribution in [-0.2, 0) is 0 Å². The Morgan fingerprint density at radius 1 is 1.40 bits per heavy atom. The molecular weight excluding hydrogens is 184 g/mol. The summed E-state index contributed by atoms with van der Waals surface area (Å²) in [6.07, 6.45) is 1.07. The van der Waals surface area contributed by atoms with Crippen molar-refractivity contribution in [2.45, 2.75) is 26.3 Å². The molecule has 0 aromatic heterocycles. The Balaban J connectivity index is 2.94. The summed E-state index contributed by atoms with van der Waals surface area (Å²) in [4.78, 5) is 2.10. The van der Waals surface area contributed by atoms with Crippen molar-refractivity contribution in [3.05, 3.63) is 35.4 Å². The van der Waals surface area contributed by atoms with Crippen LogP contribution in [0.5, 0.6) is 0 Å². The molecule has 2 heteroatoms. The molecule has 0 amide bonds. The van der Waals surface area contributed by atoms with Crippen LogP contribution in [0.4, 0.5) is 0 Å². The maximum Gasteiger partial charge on any atom is 0.123 e. The number of nitrogens with zero attached hydrogens (tertiary/aromatic N) is 2. The summed E-state index contributed by atoms with van der Waals surface area (Å²) in [7, 11) is 2.00. The fourth-order valence-electron chi connectivity index (χ4n) is 1.78. The third-order valence-electron chi connectivity index (χ3n) is 2.62. The lowest BCUT2D eigenvalue weighted by atomic mass is 10.0. The highest BCUT2D eigenvalue weighted by Crippen LogP contribution is 2.21. The fraction of sp³-hybridized carbons (Fsp3) is 0.462. The predicted octanol–water partition coefficient (Wildman–Crippen LogP) is 2.90. The molecule has 0 spiro atoms. The average molecular weight is 202 g/mol. The SMILES string of the molecule is CCCN(C)C(C#N)c1ccccc1C. The van der Waals surface area contributed by atoms with Gasteiger partial charge in [0.2, 0.25) is 0 Å². The van der Waals surface area contributed by atoms with Gasteiger partial charge < -0.3 is 0 Å². The van der Waals surface area contributed by atoms with E-state index in [2.05, 4.69) is 30.9 Å². The van der Waals surface area contributed by atoms with Crippen molar-refractivity contribution in [1.82, 2.24) is 4.90 Å². The molecule has 1 aromatic rings. The molecule has 1 aromatic carbocycles. The quantitative estimate of drug-likeness (QED) is 0.750. The fourth-order valence-corrected chi connectivity index (χ4v) is 1.78. The Bertz CT molecular complexity index is 352. The number of rotatable bonds is 4. The van der Waals surface area contributed by atoms with E-state index in [9.17, 15) is 5.26 Å². The Kier molecular flexibility index (Phi) is 4.33. The van der Waals surface area contributed by atoms with Crippen molar-refractivity contribution < 1.29 is 0 Å². The molecule has 0 aliphatic heterocycles. The second kappa shape index (κ2) is 5.53. The Morgan fingerprint density at radius 3 is 2.60 bits per heavy atom. The van der Waals surface area contributed by atoms with Crippen LogP contribution in [0.15, 0.2) is 24.3 Å². The van der Waals surface area contributed by atoms with E-state index in [1.165, 1.54) is 5.56 Å². The van der Waals surface area contributed by atoms with Crippen LogP contribution >= 0.6 is 0 Å². The molecule has 0 radical (unpaired) electrons. The van der Waals surface area contributed by atoms with E-state index in [0.717, 1.165) is 18.5 Å². The van der Waals surface area contributed by atoms with E-state index < -0.39 is 0 Å².